The molecule has 4 heteroatoms. The summed E-state index contributed by atoms with van der Waals surface area (Å²) in [5.74, 6) is -0.479. The molecule has 0 amide bonds. The molecule has 0 saturated carbocycles. The van der Waals surface area contributed by atoms with Crippen LogP contribution in [0.5, 0.6) is 0 Å². The van der Waals surface area contributed by atoms with Crippen molar-refractivity contribution in [2.75, 3.05) is 7.11 Å². The monoisotopic (exact) mass is 151 g/mol. The largest absolute Gasteiger partial charge is 0.464 e. The van der Waals surface area contributed by atoms with Crippen LogP contribution in [0.25, 0.3) is 0 Å². The van der Waals surface area contributed by atoms with Crippen molar-refractivity contribution in [2.45, 2.75) is 6.92 Å². The lowest BCUT2D eigenvalue weighted by Crippen LogP contribution is -2.11. The summed E-state index contributed by atoms with van der Waals surface area (Å²) >= 11 is 0. The van der Waals surface area contributed by atoms with Gasteiger partial charge in [-0.1, -0.05) is 6.08 Å². The number of allylic oxidation sites excluding steroid dienone is 1. The van der Waals surface area contributed by atoms with E-state index in [1.807, 2.05) is 0 Å². The van der Waals surface area contributed by atoms with Crippen LogP contribution in [0.1, 0.15) is 6.92 Å². The van der Waals surface area contributed by atoms with Crippen LogP contribution in [0.3, 0.4) is 0 Å². The highest BCUT2D eigenvalue weighted by molar-refractivity contribution is 5.87. The van der Waals surface area contributed by atoms with E-state index in [-0.39, 0.29) is 18.1 Å². The number of carbonyl (C=O) groups is 1. The van der Waals surface area contributed by atoms with Gasteiger partial charge in [0.1, 0.15) is 5.70 Å². The van der Waals surface area contributed by atoms with E-state index in [0.717, 1.165) is 0 Å². The summed E-state index contributed by atoms with van der Waals surface area (Å²) in [4.78, 5) is 10.3. The maximum atomic E-state index is 10.3. The molecule has 0 spiro atoms. The summed E-state index contributed by atoms with van der Waals surface area (Å²) in [5, 5.41) is 0. The second kappa shape index (κ2) is 5.44. The predicted molar refractivity (Wildman–Crippen MR) is 37.2 cm³/mol. The summed E-state index contributed by atoms with van der Waals surface area (Å²) in [6.45, 7) is 1.67. The van der Waals surface area contributed by atoms with E-state index in [0.29, 0.717) is 0 Å². The van der Waals surface area contributed by atoms with Crippen molar-refractivity contribution in [3.05, 3.63) is 11.8 Å². The summed E-state index contributed by atoms with van der Waals surface area (Å²) < 4.78 is 4.27. The third-order valence-electron chi connectivity index (χ3n) is 0.732. The second-order valence-corrected chi connectivity index (χ2v) is 1.24. The van der Waals surface area contributed by atoms with Crippen LogP contribution >= 0.6 is 12.4 Å². The lowest BCUT2D eigenvalue weighted by molar-refractivity contribution is -0.136. The molecule has 0 aromatic heterocycles. The van der Waals surface area contributed by atoms with Gasteiger partial charge in [-0.2, -0.15) is 0 Å². The third kappa shape index (κ3) is 3.85. The number of halogens is 1. The highest BCUT2D eigenvalue weighted by Crippen LogP contribution is 1.84. The van der Waals surface area contributed by atoms with Gasteiger partial charge in [0.15, 0.2) is 0 Å². The Morgan fingerprint density at radius 3 is 2.22 bits per heavy atom. The van der Waals surface area contributed by atoms with Gasteiger partial charge in [0.05, 0.1) is 7.11 Å². The molecule has 54 valence electrons. The average Bonchev–Trinajstić information content (AvgIpc) is 1.84. The average molecular weight is 152 g/mol. The zero-order valence-corrected chi connectivity index (χ0v) is 6.20. The van der Waals surface area contributed by atoms with Gasteiger partial charge < -0.3 is 10.5 Å². The Morgan fingerprint density at radius 2 is 2.11 bits per heavy atom. The molecule has 0 radical (unpaired) electrons. The van der Waals surface area contributed by atoms with Gasteiger partial charge in [0.2, 0.25) is 0 Å². The number of hydrogen-bond donors (Lipinski definition) is 1. The van der Waals surface area contributed by atoms with Crippen molar-refractivity contribution in [1.29, 1.82) is 0 Å². The smallest absolute Gasteiger partial charge is 0.353 e. The number of esters is 1. The number of methoxy groups -OCH3 is 1. The summed E-state index contributed by atoms with van der Waals surface area (Å²) in [5.41, 5.74) is 5.26. The number of rotatable bonds is 1. The lowest BCUT2D eigenvalue weighted by Gasteiger charge is -1.94. The molecular weight excluding hydrogens is 142 g/mol. The Labute approximate surface area is 60.3 Å². The van der Waals surface area contributed by atoms with Gasteiger partial charge in [-0.05, 0) is 6.92 Å². The van der Waals surface area contributed by atoms with E-state index in [9.17, 15) is 4.79 Å². The molecule has 0 rings (SSSR count). The molecule has 0 bridgehead atoms. The minimum atomic E-state index is -0.479. The zero-order chi connectivity index (χ0) is 6.57. The maximum Gasteiger partial charge on any atom is 0.353 e. The Bertz CT molecular complexity index is 122. The first-order valence-corrected chi connectivity index (χ1v) is 2.22. The Morgan fingerprint density at radius 1 is 1.67 bits per heavy atom. The quantitative estimate of drug-likeness (QED) is 0.437. The maximum absolute atomic E-state index is 10.3. The number of nitrogens with two attached hydrogens (primary N) is 1. The molecule has 0 aromatic rings. The van der Waals surface area contributed by atoms with Gasteiger partial charge in [0, 0.05) is 0 Å². The van der Waals surface area contributed by atoms with E-state index in [1.165, 1.54) is 13.2 Å². The molecule has 2 N–H and O–H groups in total. The highest BCUT2D eigenvalue weighted by Gasteiger charge is 1.99. The van der Waals surface area contributed by atoms with Gasteiger partial charge >= 0.3 is 5.97 Å². The molecule has 0 aliphatic heterocycles. The third-order valence-corrected chi connectivity index (χ3v) is 0.732. The Hall–Kier alpha value is -0.700. The fraction of sp³-hybridized carbons (Fsp3) is 0.400. The number of hydrogen-bond acceptors (Lipinski definition) is 3. The van der Waals surface area contributed by atoms with Crippen molar-refractivity contribution in [2.24, 2.45) is 5.73 Å². The van der Waals surface area contributed by atoms with E-state index in [1.54, 1.807) is 6.92 Å². The van der Waals surface area contributed by atoms with Crippen molar-refractivity contribution in [1.82, 2.24) is 0 Å². The Kier molecular flexibility index (Phi) is 6.73. The molecule has 0 atom stereocenters. The van der Waals surface area contributed by atoms with E-state index in [2.05, 4.69) is 4.74 Å². The van der Waals surface area contributed by atoms with Gasteiger partial charge in [-0.15, -0.1) is 12.4 Å². The van der Waals surface area contributed by atoms with Crippen molar-refractivity contribution >= 4 is 18.4 Å². The second-order valence-electron chi connectivity index (χ2n) is 1.24. The molecule has 0 aliphatic carbocycles. The molecular formula is C5H10ClNO2. The van der Waals surface area contributed by atoms with Crippen molar-refractivity contribution in [3.8, 4) is 0 Å². The predicted octanol–water partition coefficient (Wildman–Crippen LogP) is 0.444. The minimum Gasteiger partial charge on any atom is -0.464 e. The summed E-state index contributed by atoms with van der Waals surface area (Å²) in [7, 11) is 1.29. The van der Waals surface area contributed by atoms with Crippen molar-refractivity contribution in [3.63, 3.8) is 0 Å². The topological polar surface area (TPSA) is 52.3 Å². The van der Waals surface area contributed by atoms with Crippen LogP contribution in [0, 0.1) is 0 Å². The first-order chi connectivity index (χ1) is 3.72. The van der Waals surface area contributed by atoms with Crippen LogP contribution in [0.2, 0.25) is 0 Å². The van der Waals surface area contributed by atoms with Crippen LogP contribution in [-0.2, 0) is 9.53 Å². The van der Waals surface area contributed by atoms with Crippen LogP contribution in [0.4, 0.5) is 0 Å². The van der Waals surface area contributed by atoms with Crippen LogP contribution in [-0.4, -0.2) is 13.1 Å². The fourth-order valence-electron chi connectivity index (χ4n) is 0.236. The van der Waals surface area contributed by atoms with Crippen LogP contribution in [0.15, 0.2) is 11.8 Å². The molecule has 9 heavy (non-hydrogen) atoms. The van der Waals surface area contributed by atoms with Gasteiger partial charge in [-0.3, -0.25) is 0 Å². The SMILES string of the molecule is CC=C(N)C(=O)OC.Cl. The zero-order valence-electron chi connectivity index (χ0n) is 5.38. The molecule has 0 heterocycles. The standard InChI is InChI=1S/C5H9NO2.ClH/c1-3-4(6)5(7)8-2;/h3H,6H2,1-2H3;1H. The number of ether oxygens (including phenoxy) is 1. The minimum absolute atomic E-state index is 0. The van der Waals surface area contributed by atoms with E-state index < -0.39 is 5.97 Å². The van der Waals surface area contributed by atoms with Crippen LogP contribution < -0.4 is 5.73 Å². The molecule has 0 saturated heterocycles. The molecule has 0 aromatic carbocycles. The van der Waals surface area contributed by atoms with Gasteiger partial charge in [0.25, 0.3) is 0 Å². The first kappa shape index (κ1) is 11.1. The molecule has 3 nitrogen and oxygen atoms in total. The highest BCUT2D eigenvalue weighted by atomic mass is 35.5. The fourth-order valence-corrected chi connectivity index (χ4v) is 0.236. The molecule has 0 unspecified atom stereocenters. The van der Waals surface area contributed by atoms with Gasteiger partial charge in [-0.25, -0.2) is 4.79 Å². The van der Waals surface area contributed by atoms with E-state index >= 15 is 0 Å². The Balaban J connectivity index is 0. The normalized spacial score (nSPS) is 9.78. The lowest BCUT2D eigenvalue weighted by atomic mass is 10.4. The summed E-state index contributed by atoms with van der Waals surface area (Å²) in [6.07, 6.45) is 1.49. The molecule has 0 aliphatic rings. The van der Waals surface area contributed by atoms with Crippen molar-refractivity contribution < 1.29 is 9.53 Å². The first-order valence-electron chi connectivity index (χ1n) is 2.22. The summed E-state index contributed by atoms with van der Waals surface area (Å²) in [6, 6.07) is 0. The number of carbonyl (C=O) groups excluding carboxylic acids is 1. The van der Waals surface area contributed by atoms with E-state index in [4.69, 9.17) is 5.73 Å². The molecule has 0 fully saturated rings.